The van der Waals surface area contributed by atoms with Gasteiger partial charge in [0.2, 0.25) is 0 Å². The molecule has 1 aromatic rings. The second-order valence-electron chi connectivity index (χ2n) is 4.31. The Morgan fingerprint density at radius 1 is 1.30 bits per heavy atom. The van der Waals surface area contributed by atoms with Crippen molar-refractivity contribution in [2.24, 2.45) is 0 Å². The second-order valence-corrected chi connectivity index (χ2v) is 4.31. The second kappa shape index (κ2) is 7.85. The molecular formula is C15H18N2O3. The largest absolute Gasteiger partial charge is 0.479 e. The van der Waals surface area contributed by atoms with Crippen LogP contribution in [0.1, 0.15) is 31.4 Å². The van der Waals surface area contributed by atoms with Gasteiger partial charge in [-0.1, -0.05) is 37.3 Å². The van der Waals surface area contributed by atoms with Gasteiger partial charge in [0.05, 0.1) is 0 Å². The molecule has 1 aromatic carbocycles. The molecule has 5 nitrogen and oxygen atoms in total. The molecule has 5 heteroatoms. The Hall–Kier alpha value is -2.48. The minimum atomic E-state index is -1.11. The van der Waals surface area contributed by atoms with Gasteiger partial charge in [-0.15, -0.1) is 12.3 Å². The summed E-state index contributed by atoms with van der Waals surface area (Å²) in [6.07, 6.45) is 6.30. The Balaban J connectivity index is 2.70. The lowest BCUT2D eigenvalue weighted by Gasteiger charge is -2.19. The molecule has 0 spiro atoms. The monoisotopic (exact) mass is 274 g/mol. The van der Waals surface area contributed by atoms with Gasteiger partial charge in [-0.2, -0.15) is 0 Å². The molecule has 1 rings (SSSR count). The number of carbonyl (C=O) groups is 2. The number of rotatable bonds is 6. The molecule has 0 heterocycles. The van der Waals surface area contributed by atoms with Crippen LogP contribution in [0.2, 0.25) is 0 Å². The fourth-order valence-corrected chi connectivity index (χ4v) is 1.73. The molecule has 20 heavy (non-hydrogen) atoms. The predicted molar refractivity (Wildman–Crippen MR) is 76.0 cm³/mol. The van der Waals surface area contributed by atoms with E-state index >= 15 is 0 Å². The van der Waals surface area contributed by atoms with E-state index in [0.717, 1.165) is 0 Å². The summed E-state index contributed by atoms with van der Waals surface area (Å²) >= 11 is 0. The highest BCUT2D eigenvalue weighted by molar-refractivity contribution is 5.83. The number of terminal acetylenes is 1. The number of amides is 2. The number of carbonyl (C=O) groups excluding carboxylic acids is 1. The van der Waals surface area contributed by atoms with Crippen molar-refractivity contribution in [2.45, 2.75) is 31.8 Å². The first kappa shape index (κ1) is 15.6. The van der Waals surface area contributed by atoms with Crippen LogP contribution >= 0.6 is 0 Å². The molecule has 2 amide bonds. The van der Waals surface area contributed by atoms with Gasteiger partial charge in [-0.05, 0) is 12.0 Å². The van der Waals surface area contributed by atoms with Crippen LogP contribution in [0.3, 0.4) is 0 Å². The van der Waals surface area contributed by atoms with Gasteiger partial charge in [-0.25, -0.2) is 9.59 Å². The summed E-state index contributed by atoms with van der Waals surface area (Å²) in [4.78, 5) is 23.1. The number of hydrogen-bond donors (Lipinski definition) is 3. The lowest BCUT2D eigenvalue weighted by molar-refractivity contribution is -0.139. The first-order valence-electron chi connectivity index (χ1n) is 6.36. The summed E-state index contributed by atoms with van der Waals surface area (Å²) in [5.41, 5.74) is 0.514. The predicted octanol–water partition coefficient (Wildman–Crippen LogP) is 1.91. The van der Waals surface area contributed by atoms with E-state index < -0.39 is 18.0 Å². The highest BCUT2D eigenvalue weighted by Gasteiger charge is 2.22. The van der Waals surface area contributed by atoms with Gasteiger partial charge in [0.25, 0.3) is 0 Å². The molecule has 0 saturated carbocycles. The van der Waals surface area contributed by atoms with Crippen LogP contribution in [0, 0.1) is 12.3 Å². The third-order valence-corrected chi connectivity index (χ3v) is 2.85. The zero-order valence-electron chi connectivity index (χ0n) is 11.3. The van der Waals surface area contributed by atoms with E-state index in [1.54, 1.807) is 30.3 Å². The van der Waals surface area contributed by atoms with E-state index in [9.17, 15) is 14.7 Å². The van der Waals surface area contributed by atoms with E-state index in [2.05, 4.69) is 16.6 Å². The van der Waals surface area contributed by atoms with E-state index in [4.69, 9.17) is 6.42 Å². The third-order valence-electron chi connectivity index (χ3n) is 2.85. The molecule has 0 aliphatic heterocycles. The number of urea groups is 1. The van der Waals surface area contributed by atoms with Crippen molar-refractivity contribution in [1.82, 2.24) is 10.6 Å². The van der Waals surface area contributed by atoms with Crippen molar-refractivity contribution >= 4 is 12.0 Å². The van der Waals surface area contributed by atoms with Crippen molar-refractivity contribution in [3.63, 3.8) is 0 Å². The molecule has 1 unspecified atom stereocenters. The average Bonchev–Trinajstić information content (AvgIpc) is 2.45. The van der Waals surface area contributed by atoms with Crippen LogP contribution < -0.4 is 10.6 Å². The summed E-state index contributed by atoms with van der Waals surface area (Å²) in [6, 6.07) is 6.74. The van der Waals surface area contributed by atoms with Crippen molar-refractivity contribution in [3.05, 3.63) is 35.9 Å². The van der Waals surface area contributed by atoms with Crippen molar-refractivity contribution in [3.8, 4) is 12.3 Å². The summed E-state index contributed by atoms with van der Waals surface area (Å²) in [6.45, 7) is 1.90. The Morgan fingerprint density at radius 2 is 1.95 bits per heavy atom. The molecule has 0 saturated heterocycles. The maximum absolute atomic E-state index is 11.8. The molecule has 0 fully saturated rings. The van der Waals surface area contributed by atoms with Crippen molar-refractivity contribution in [1.29, 1.82) is 0 Å². The topological polar surface area (TPSA) is 78.4 Å². The summed E-state index contributed by atoms with van der Waals surface area (Å²) in [7, 11) is 0. The third kappa shape index (κ3) is 4.65. The van der Waals surface area contributed by atoms with E-state index in [1.807, 2.05) is 6.92 Å². The Kier molecular flexibility index (Phi) is 6.11. The smallest absolute Gasteiger partial charge is 0.330 e. The standard InChI is InChI=1S/C15H18N2O3/c1-3-8-12(4-2)16-15(20)17-13(14(18)19)11-9-6-5-7-10-11/h1,5-7,9-10,12-13H,4,8H2,2H3,(H,18,19)(H2,16,17,20)/t12?,13-/m0/s1. The molecular weight excluding hydrogens is 256 g/mol. The van der Waals surface area contributed by atoms with Gasteiger partial charge in [0.15, 0.2) is 6.04 Å². The quantitative estimate of drug-likeness (QED) is 0.693. The minimum Gasteiger partial charge on any atom is -0.479 e. The SMILES string of the molecule is C#CCC(CC)NC(=O)N[C@H](C(=O)O)c1ccccc1. The van der Waals surface area contributed by atoms with Gasteiger partial charge in [-0.3, -0.25) is 0 Å². The summed E-state index contributed by atoms with van der Waals surface area (Å²) in [5.74, 6) is 1.36. The van der Waals surface area contributed by atoms with Crippen LogP contribution in [0.5, 0.6) is 0 Å². The first-order valence-corrected chi connectivity index (χ1v) is 6.36. The van der Waals surface area contributed by atoms with Crippen LogP contribution in [-0.4, -0.2) is 23.1 Å². The maximum atomic E-state index is 11.8. The highest BCUT2D eigenvalue weighted by Crippen LogP contribution is 2.12. The summed E-state index contributed by atoms with van der Waals surface area (Å²) in [5, 5.41) is 14.3. The van der Waals surface area contributed by atoms with E-state index in [1.165, 1.54) is 0 Å². The van der Waals surface area contributed by atoms with E-state index in [-0.39, 0.29) is 6.04 Å². The van der Waals surface area contributed by atoms with Gasteiger partial charge in [0.1, 0.15) is 0 Å². The normalized spacial score (nSPS) is 12.8. The van der Waals surface area contributed by atoms with Crippen LogP contribution in [-0.2, 0) is 4.79 Å². The van der Waals surface area contributed by atoms with E-state index in [0.29, 0.717) is 18.4 Å². The summed E-state index contributed by atoms with van der Waals surface area (Å²) < 4.78 is 0. The fraction of sp³-hybridized carbons (Fsp3) is 0.333. The average molecular weight is 274 g/mol. The number of carboxylic acid groups (broad SMARTS) is 1. The molecule has 0 aromatic heterocycles. The number of nitrogens with one attached hydrogen (secondary N) is 2. The van der Waals surface area contributed by atoms with Gasteiger partial charge >= 0.3 is 12.0 Å². The van der Waals surface area contributed by atoms with Crippen LogP contribution in [0.4, 0.5) is 4.79 Å². The van der Waals surface area contributed by atoms with Gasteiger partial charge < -0.3 is 15.7 Å². The number of carboxylic acids is 1. The molecule has 3 N–H and O–H groups in total. The fourth-order valence-electron chi connectivity index (χ4n) is 1.73. The Bertz CT molecular complexity index is 494. The number of benzene rings is 1. The molecule has 106 valence electrons. The van der Waals surface area contributed by atoms with Crippen molar-refractivity contribution in [2.75, 3.05) is 0 Å². The maximum Gasteiger partial charge on any atom is 0.330 e. The zero-order valence-corrected chi connectivity index (χ0v) is 11.3. The minimum absolute atomic E-state index is 0.162. The Morgan fingerprint density at radius 3 is 2.45 bits per heavy atom. The van der Waals surface area contributed by atoms with Crippen LogP contribution in [0.25, 0.3) is 0 Å². The van der Waals surface area contributed by atoms with Gasteiger partial charge in [0, 0.05) is 12.5 Å². The molecule has 0 aliphatic carbocycles. The lowest BCUT2D eigenvalue weighted by Crippen LogP contribution is -2.45. The first-order chi connectivity index (χ1) is 9.58. The lowest BCUT2D eigenvalue weighted by atomic mass is 10.1. The number of hydrogen-bond acceptors (Lipinski definition) is 2. The molecule has 0 bridgehead atoms. The Labute approximate surface area is 118 Å². The zero-order chi connectivity index (χ0) is 15.0. The number of aliphatic carboxylic acids is 1. The van der Waals surface area contributed by atoms with Crippen LogP contribution in [0.15, 0.2) is 30.3 Å². The van der Waals surface area contributed by atoms with Crippen molar-refractivity contribution < 1.29 is 14.7 Å². The molecule has 0 aliphatic rings. The highest BCUT2D eigenvalue weighted by atomic mass is 16.4. The molecule has 0 radical (unpaired) electrons. The molecule has 2 atom stereocenters.